The zero-order chi connectivity index (χ0) is 16.7. The number of carboxylic acids is 1. The Bertz CT molecular complexity index is 641. The van der Waals surface area contributed by atoms with E-state index in [1.807, 2.05) is 17.0 Å². The third-order valence-corrected chi connectivity index (χ3v) is 5.21. The summed E-state index contributed by atoms with van der Waals surface area (Å²) in [5.74, 6) is -0.0995. The number of benzene rings is 1. The van der Waals surface area contributed by atoms with E-state index in [1.165, 1.54) is 12.8 Å². The van der Waals surface area contributed by atoms with E-state index < -0.39 is 5.97 Å². The molecule has 3 fully saturated rings. The Kier molecular flexibility index (Phi) is 4.02. The predicted octanol–water partition coefficient (Wildman–Crippen LogP) is 1.21. The van der Waals surface area contributed by atoms with Gasteiger partial charge in [-0.3, -0.25) is 9.69 Å². The number of carbonyl (C=O) groups is 2. The summed E-state index contributed by atoms with van der Waals surface area (Å²) in [6.45, 7) is 3.48. The van der Waals surface area contributed by atoms with Gasteiger partial charge in [0.2, 0.25) is 5.91 Å². The molecule has 24 heavy (non-hydrogen) atoms. The summed E-state index contributed by atoms with van der Waals surface area (Å²) in [5.41, 5.74) is 1.39. The van der Waals surface area contributed by atoms with Crippen molar-refractivity contribution in [2.24, 2.45) is 5.92 Å². The summed E-state index contributed by atoms with van der Waals surface area (Å²) in [6, 6.07) is 7.16. The van der Waals surface area contributed by atoms with Crippen LogP contribution in [0.2, 0.25) is 0 Å². The van der Waals surface area contributed by atoms with Crippen molar-refractivity contribution in [3.63, 3.8) is 0 Å². The number of carbonyl (C=O) groups excluding carboxylic acids is 1. The predicted molar refractivity (Wildman–Crippen MR) is 86.6 cm³/mol. The van der Waals surface area contributed by atoms with Crippen LogP contribution in [0.15, 0.2) is 24.3 Å². The van der Waals surface area contributed by atoms with Gasteiger partial charge in [-0.05, 0) is 36.5 Å². The molecular formula is C18H22N2O4. The monoisotopic (exact) mass is 330 g/mol. The number of aromatic carboxylic acids is 1. The van der Waals surface area contributed by atoms with Gasteiger partial charge in [0, 0.05) is 26.2 Å². The number of rotatable bonds is 5. The minimum absolute atomic E-state index is 0.0970. The molecule has 0 radical (unpaired) electrons. The van der Waals surface area contributed by atoms with Crippen molar-refractivity contribution in [1.82, 2.24) is 9.80 Å². The van der Waals surface area contributed by atoms with E-state index in [1.54, 1.807) is 12.1 Å². The third-order valence-electron chi connectivity index (χ3n) is 5.21. The lowest BCUT2D eigenvalue weighted by Crippen LogP contribution is -2.54. The molecule has 0 spiro atoms. The fraction of sp³-hybridized carbons (Fsp3) is 0.556. The minimum atomic E-state index is -0.906. The van der Waals surface area contributed by atoms with Gasteiger partial charge in [0.15, 0.2) is 0 Å². The Balaban J connectivity index is 1.41. The zero-order valence-electron chi connectivity index (χ0n) is 13.6. The molecule has 1 aromatic carbocycles. The lowest BCUT2D eigenvalue weighted by Gasteiger charge is -2.36. The van der Waals surface area contributed by atoms with E-state index in [9.17, 15) is 9.59 Å². The van der Waals surface area contributed by atoms with Crippen molar-refractivity contribution < 1.29 is 19.4 Å². The van der Waals surface area contributed by atoms with Crippen LogP contribution in [0, 0.1) is 5.92 Å². The molecule has 2 atom stereocenters. The van der Waals surface area contributed by atoms with Crippen molar-refractivity contribution in [2.75, 3.05) is 26.2 Å². The average Bonchev–Trinajstić information content (AvgIpc) is 3.29. The number of hydrogen-bond acceptors (Lipinski definition) is 4. The van der Waals surface area contributed by atoms with E-state index in [2.05, 4.69) is 4.90 Å². The SMILES string of the molecule is O=C(O)c1ccc(CN2CC3OCC(=O)N(CC4CC4)C3C2)cc1. The highest BCUT2D eigenvalue weighted by Crippen LogP contribution is 2.33. The van der Waals surface area contributed by atoms with Crippen molar-refractivity contribution in [2.45, 2.75) is 31.5 Å². The molecule has 6 heteroatoms. The van der Waals surface area contributed by atoms with Gasteiger partial charge in [0.25, 0.3) is 0 Å². The Morgan fingerprint density at radius 2 is 1.96 bits per heavy atom. The standard InChI is InChI=1S/C18H22N2O4/c21-17-11-24-16-10-19(9-15(16)20(17)8-13-1-2-13)7-12-3-5-14(6-4-12)18(22)23/h3-6,13,15-16H,1-2,7-11H2,(H,22,23). The van der Waals surface area contributed by atoms with Gasteiger partial charge in [-0.1, -0.05) is 12.1 Å². The quantitative estimate of drug-likeness (QED) is 0.879. The molecule has 2 aliphatic heterocycles. The van der Waals surface area contributed by atoms with Gasteiger partial charge < -0.3 is 14.7 Å². The van der Waals surface area contributed by atoms with E-state index in [4.69, 9.17) is 9.84 Å². The maximum atomic E-state index is 12.2. The van der Waals surface area contributed by atoms with Crippen molar-refractivity contribution in [1.29, 1.82) is 0 Å². The summed E-state index contributed by atoms with van der Waals surface area (Å²) in [6.07, 6.45) is 2.57. The van der Waals surface area contributed by atoms with Crippen LogP contribution in [0.5, 0.6) is 0 Å². The molecule has 1 N–H and O–H groups in total. The highest BCUT2D eigenvalue weighted by atomic mass is 16.5. The van der Waals surface area contributed by atoms with E-state index in [0.717, 1.165) is 31.7 Å². The van der Waals surface area contributed by atoms with E-state index in [0.29, 0.717) is 11.5 Å². The van der Waals surface area contributed by atoms with Crippen LogP contribution in [0.1, 0.15) is 28.8 Å². The Labute approximate surface area is 141 Å². The first-order valence-electron chi connectivity index (χ1n) is 8.56. The molecule has 0 bridgehead atoms. The maximum Gasteiger partial charge on any atom is 0.335 e. The second-order valence-corrected chi connectivity index (χ2v) is 7.10. The van der Waals surface area contributed by atoms with Crippen LogP contribution in [-0.2, 0) is 16.1 Å². The van der Waals surface area contributed by atoms with Gasteiger partial charge in [0.05, 0.1) is 17.7 Å². The molecule has 1 amide bonds. The van der Waals surface area contributed by atoms with Crippen LogP contribution in [0.25, 0.3) is 0 Å². The van der Waals surface area contributed by atoms with Crippen molar-refractivity contribution >= 4 is 11.9 Å². The van der Waals surface area contributed by atoms with E-state index in [-0.39, 0.29) is 24.7 Å². The van der Waals surface area contributed by atoms with Gasteiger partial charge in [-0.2, -0.15) is 0 Å². The second-order valence-electron chi connectivity index (χ2n) is 7.10. The molecule has 2 unspecified atom stereocenters. The molecule has 4 rings (SSSR count). The summed E-state index contributed by atoms with van der Waals surface area (Å²) in [7, 11) is 0. The molecule has 6 nitrogen and oxygen atoms in total. The topological polar surface area (TPSA) is 70.1 Å². The molecule has 1 aliphatic carbocycles. The first kappa shape index (κ1) is 15.6. The molecule has 2 heterocycles. The number of nitrogens with zero attached hydrogens (tertiary/aromatic N) is 2. The first-order valence-corrected chi connectivity index (χ1v) is 8.56. The smallest absolute Gasteiger partial charge is 0.335 e. The third kappa shape index (κ3) is 3.16. The number of ether oxygens (including phenoxy) is 1. The Morgan fingerprint density at radius 1 is 1.21 bits per heavy atom. The fourth-order valence-electron chi connectivity index (χ4n) is 3.70. The zero-order valence-corrected chi connectivity index (χ0v) is 13.6. The van der Waals surface area contributed by atoms with Crippen LogP contribution in [-0.4, -0.2) is 65.2 Å². The number of morpholine rings is 1. The summed E-state index contributed by atoms with van der Waals surface area (Å²) >= 11 is 0. The highest BCUT2D eigenvalue weighted by molar-refractivity contribution is 5.87. The van der Waals surface area contributed by atoms with Gasteiger partial charge >= 0.3 is 5.97 Å². The fourth-order valence-corrected chi connectivity index (χ4v) is 3.70. The van der Waals surface area contributed by atoms with Crippen molar-refractivity contribution in [3.8, 4) is 0 Å². The molecule has 1 saturated carbocycles. The summed E-state index contributed by atoms with van der Waals surface area (Å²) in [4.78, 5) is 27.5. The molecule has 1 aromatic rings. The van der Waals surface area contributed by atoms with E-state index >= 15 is 0 Å². The van der Waals surface area contributed by atoms with Crippen LogP contribution in [0.4, 0.5) is 0 Å². The van der Waals surface area contributed by atoms with Crippen LogP contribution in [0.3, 0.4) is 0 Å². The summed E-state index contributed by atoms with van der Waals surface area (Å²) in [5, 5.41) is 8.97. The van der Waals surface area contributed by atoms with Crippen LogP contribution < -0.4 is 0 Å². The number of likely N-dealkylation sites (tertiary alicyclic amines) is 1. The van der Waals surface area contributed by atoms with Gasteiger partial charge in [0.1, 0.15) is 6.61 Å². The Morgan fingerprint density at radius 3 is 2.62 bits per heavy atom. The second kappa shape index (κ2) is 6.18. The molecule has 2 saturated heterocycles. The maximum absolute atomic E-state index is 12.2. The number of amides is 1. The minimum Gasteiger partial charge on any atom is -0.478 e. The summed E-state index contributed by atoms with van der Waals surface area (Å²) < 4.78 is 5.75. The molecule has 0 aromatic heterocycles. The lowest BCUT2D eigenvalue weighted by atomic mass is 10.1. The molecule has 3 aliphatic rings. The van der Waals surface area contributed by atoms with Gasteiger partial charge in [-0.25, -0.2) is 4.79 Å². The normalized spacial score (nSPS) is 27.3. The lowest BCUT2D eigenvalue weighted by molar-refractivity contribution is -0.153. The molecule has 128 valence electrons. The first-order chi connectivity index (χ1) is 11.6. The molecular weight excluding hydrogens is 308 g/mol. The number of hydrogen-bond donors (Lipinski definition) is 1. The Hall–Kier alpha value is -1.92. The average molecular weight is 330 g/mol. The number of carboxylic acid groups (broad SMARTS) is 1. The largest absolute Gasteiger partial charge is 0.478 e. The highest BCUT2D eigenvalue weighted by Gasteiger charge is 2.44. The van der Waals surface area contributed by atoms with Crippen molar-refractivity contribution in [3.05, 3.63) is 35.4 Å². The van der Waals surface area contributed by atoms with Gasteiger partial charge in [-0.15, -0.1) is 0 Å². The number of fused-ring (bicyclic) bond motifs is 1. The van der Waals surface area contributed by atoms with Crippen LogP contribution >= 0.6 is 0 Å².